The van der Waals surface area contributed by atoms with E-state index in [0.717, 1.165) is 10.2 Å². The predicted molar refractivity (Wildman–Crippen MR) is 115 cm³/mol. The summed E-state index contributed by atoms with van der Waals surface area (Å²) in [6.07, 6.45) is 0. The Labute approximate surface area is 178 Å². The molecule has 0 fully saturated rings. The molecule has 3 aromatic rings. The van der Waals surface area contributed by atoms with Gasteiger partial charge < -0.3 is 18.8 Å². The number of carbonyl (C=O) groups is 2. The highest BCUT2D eigenvalue weighted by Gasteiger charge is 2.15. The Morgan fingerprint density at radius 2 is 1.77 bits per heavy atom. The van der Waals surface area contributed by atoms with Gasteiger partial charge in [-0.1, -0.05) is 31.3 Å². The number of ether oxygens (including phenoxy) is 3. The Balaban J connectivity index is 2.12. The molecular formula is C22H24N2O5S. The summed E-state index contributed by atoms with van der Waals surface area (Å²) in [5.74, 6) is 0.476. The second-order valence-electron chi connectivity index (χ2n) is 6.92. The van der Waals surface area contributed by atoms with Crippen LogP contribution in [-0.2, 0) is 16.1 Å². The van der Waals surface area contributed by atoms with E-state index in [1.807, 2.05) is 12.1 Å². The van der Waals surface area contributed by atoms with Crippen LogP contribution in [0.3, 0.4) is 0 Å². The van der Waals surface area contributed by atoms with E-state index in [9.17, 15) is 9.59 Å². The number of fused-ring (bicyclic) bond motifs is 1. The van der Waals surface area contributed by atoms with E-state index in [0.29, 0.717) is 27.8 Å². The topological polar surface area (TPSA) is 79.1 Å². The number of thiazole rings is 1. The van der Waals surface area contributed by atoms with Crippen LogP contribution >= 0.6 is 11.3 Å². The fraction of sp³-hybridized carbons (Fsp3) is 0.318. The molecule has 3 rings (SSSR count). The number of rotatable bonds is 6. The van der Waals surface area contributed by atoms with Gasteiger partial charge in [0, 0.05) is 5.56 Å². The average Bonchev–Trinajstić information content (AvgIpc) is 3.08. The van der Waals surface area contributed by atoms with Crippen LogP contribution in [0.25, 0.3) is 10.2 Å². The van der Waals surface area contributed by atoms with Crippen LogP contribution in [0, 0.1) is 0 Å². The van der Waals surface area contributed by atoms with Crippen LogP contribution < -0.4 is 14.3 Å². The molecule has 0 aliphatic rings. The van der Waals surface area contributed by atoms with Gasteiger partial charge in [0.25, 0.3) is 5.91 Å². The number of benzene rings is 2. The number of hydrogen-bond acceptors (Lipinski definition) is 6. The first-order chi connectivity index (χ1) is 14.4. The average molecular weight is 429 g/mol. The zero-order chi connectivity index (χ0) is 21.8. The van der Waals surface area contributed by atoms with Crippen molar-refractivity contribution in [3.05, 3.63) is 52.3 Å². The quantitative estimate of drug-likeness (QED) is 0.559. The molecule has 0 atom stereocenters. The molecule has 0 aliphatic heterocycles. The molecule has 0 spiro atoms. The third-order valence-corrected chi connectivity index (χ3v) is 5.76. The van der Waals surface area contributed by atoms with Gasteiger partial charge in [-0.15, -0.1) is 0 Å². The number of esters is 1. The summed E-state index contributed by atoms with van der Waals surface area (Å²) in [7, 11) is 4.37. The molecule has 0 radical (unpaired) electrons. The van der Waals surface area contributed by atoms with Crippen molar-refractivity contribution in [1.82, 2.24) is 4.57 Å². The molecule has 0 N–H and O–H groups in total. The van der Waals surface area contributed by atoms with Crippen molar-refractivity contribution in [3.8, 4) is 11.5 Å². The summed E-state index contributed by atoms with van der Waals surface area (Å²) in [6.45, 7) is 4.20. The minimum atomic E-state index is -0.440. The third-order valence-electron chi connectivity index (χ3n) is 4.72. The first-order valence-electron chi connectivity index (χ1n) is 9.39. The van der Waals surface area contributed by atoms with Crippen molar-refractivity contribution in [1.29, 1.82) is 0 Å². The van der Waals surface area contributed by atoms with E-state index in [-0.39, 0.29) is 6.54 Å². The van der Waals surface area contributed by atoms with Crippen molar-refractivity contribution in [2.75, 3.05) is 21.3 Å². The van der Waals surface area contributed by atoms with Gasteiger partial charge >= 0.3 is 5.97 Å². The molecule has 0 aliphatic carbocycles. The molecule has 7 nitrogen and oxygen atoms in total. The lowest BCUT2D eigenvalue weighted by atomic mass is 10.0. The van der Waals surface area contributed by atoms with Gasteiger partial charge in [0.05, 0.1) is 31.5 Å². The standard InChI is InChI=1S/C22H24N2O5S/c1-13(2)14-6-8-16-19(11-14)30-22(24(16)12-20(25)29-5)23-21(26)15-7-9-17(27-3)18(10-15)28-4/h6-11,13H,12H2,1-5H3. The fourth-order valence-electron chi connectivity index (χ4n) is 3.00. The Kier molecular flexibility index (Phi) is 6.56. The highest BCUT2D eigenvalue weighted by atomic mass is 32.1. The number of carbonyl (C=O) groups excluding carboxylic acids is 2. The predicted octanol–water partition coefficient (Wildman–Crippen LogP) is 3.76. The zero-order valence-corrected chi connectivity index (χ0v) is 18.4. The van der Waals surface area contributed by atoms with E-state index < -0.39 is 11.9 Å². The van der Waals surface area contributed by atoms with E-state index in [4.69, 9.17) is 14.2 Å². The molecule has 158 valence electrons. The van der Waals surface area contributed by atoms with Gasteiger partial charge in [0.15, 0.2) is 16.3 Å². The van der Waals surface area contributed by atoms with Crippen LogP contribution in [0.4, 0.5) is 0 Å². The maximum atomic E-state index is 12.9. The van der Waals surface area contributed by atoms with Gasteiger partial charge in [0.1, 0.15) is 6.54 Å². The lowest BCUT2D eigenvalue weighted by molar-refractivity contribution is -0.141. The van der Waals surface area contributed by atoms with Crippen molar-refractivity contribution in [3.63, 3.8) is 0 Å². The van der Waals surface area contributed by atoms with Crippen LogP contribution in [0.15, 0.2) is 41.4 Å². The van der Waals surface area contributed by atoms with Crippen LogP contribution in [0.5, 0.6) is 11.5 Å². The fourth-order valence-corrected chi connectivity index (χ4v) is 4.08. The summed E-state index contributed by atoms with van der Waals surface area (Å²) < 4.78 is 18.0. The third kappa shape index (κ3) is 4.38. The van der Waals surface area contributed by atoms with Gasteiger partial charge in [-0.25, -0.2) is 0 Å². The van der Waals surface area contributed by atoms with Crippen LogP contribution in [0.1, 0.15) is 35.7 Å². The van der Waals surface area contributed by atoms with Gasteiger partial charge in [-0.05, 0) is 41.8 Å². The molecular weight excluding hydrogens is 404 g/mol. The number of aromatic nitrogens is 1. The van der Waals surface area contributed by atoms with Gasteiger partial charge in [0.2, 0.25) is 0 Å². The minimum absolute atomic E-state index is 0.0322. The largest absolute Gasteiger partial charge is 0.493 e. The summed E-state index contributed by atoms with van der Waals surface area (Å²) in [6, 6.07) is 10.9. The molecule has 0 unspecified atom stereocenters. The highest BCUT2D eigenvalue weighted by Crippen LogP contribution is 2.28. The summed E-state index contributed by atoms with van der Waals surface area (Å²) in [5, 5.41) is 0. The summed E-state index contributed by atoms with van der Waals surface area (Å²) in [5.41, 5.74) is 2.36. The van der Waals surface area contributed by atoms with Crippen molar-refractivity contribution >= 4 is 33.4 Å². The molecule has 8 heteroatoms. The van der Waals surface area contributed by atoms with E-state index in [1.54, 1.807) is 22.8 Å². The van der Waals surface area contributed by atoms with Gasteiger partial charge in [-0.2, -0.15) is 4.99 Å². The first kappa shape index (κ1) is 21.6. The zero-order valence-electron chi connectivity index (χ0n) is 17.6. The maximum absolute atomic E-state index is 12.9. The molecule has 2 aromatic carbocycles. The lowest BCUT2D eigenvalue weighted by Gasteiger charge is -2.08. The molecule has 0 saturated carbocycles. The van der Waals surface area contributed by atoms with Crippen molar-refractivity contribution in [2.24, 2.45) is 4.99 Å². The smallest absolute Gasteiger partial charge is 0.325 e. The first-order valence-corrected chi connectivity index (χ1v) is 10.2. The maximum Gasteiger partial charge on any atom is 0.325 e. The Morgan fingerprint density at radius 1 is 1.03 bits per heavy atom. The van der Waals surface area contributed by atoms with Crippen molar-refractivity contribution in [2.45, 2.75) is 26.3 Å². The molecule has 1 amide bonds. The second-order valence-corrected chi connectivity index (χ2v) is 7.92. The number of hydrogen-bond donors (Lipinski definition) is 0. The van der Waals surface area contributed by atoms with Crippen LogP contribution in [0.2, 0.25) is 0 Å². The van der Waals surface area contributed by atoms with Crippen LogP contribution in [-0.4, -0.2) is 37.8 Å². The molecule has 1 aromatic heterocycles. The second kappa shape index (κ2) is 9.13. The molecule has 30 heavy (non-hydrogen) atoms. The van der Waals surface area contributed by atoms with Gasteiger partial charge in [-0.3, -0.25) is 9.59 Å². The monoisotopic (exact) mass is 428 g/mol. The number of methoxy groups -OCH3 is 3. The van der Waals surface area contributed by atoms with E-state index >= 15 is 0 Å². The Bertz CT molecular complexity index is 1160. The summed E-state index contributed by atoms with van der Waals surface area (Å²) >= 11 is 1.36. The number of nitrogens with zero attached hydrogens (tertiary/aromatic N) is 2. The molecule has 1 heterocycles. The highest BCUT2D eigenvalue weighted by molar-refractivity contribution is 7.16. The normalized spacial score (nSPS) is 11.7. The molecule has 0 bridgehead atoms. The SMILES string of the molecule is COC(=O)Cn1c(=NC(=O)c2ccc(OC)c(OC)c2)sc2cc(C(C)C)ccc21. The summed E-state index contributed by atoms with van der Waals surface area (Å²) in [4.78, 5) is 29.5. The Morgan fingerprint density at radius 3 is 2.40 bits per heavy atom. The van der Waals surface area contributed by atoms with E-state index in [2.05, 4.69) is 24.9 Å². The van der Waals surface area contributed by atoms with Crippen molar-refractivity contribution < 1.29 is 23.8 Å². The lowest BCUT2D eigenvalue weighted by Crippen LogP contribution is -2.22. The minimum Gasteiger partial charge on any atom is -0.493 e. The Hall–Kier alpha value is -3.13. The van der Waals surface area contributed by atoms with E-state index in [1.165, 1.54) is 38.2 Å². The molecule has 0 saturated heterocycles. The number of amides is 1.